The quantitative estimate of drug-likeness (QED) is 0.721. The van der Waals surface area contributed by atoms with Gasteiger partial charge in [-0.2, -0.15) is 0 Å². The predicted molar refractivity (Wildman–Crippen MR) is 76.7 cm³/mol. The number of amides is 2. The van der Waals surface area contributed by atoms with Crippen molar-refractivity contribution >= 4 is 11.8 Å². The Kier molecular flexibility index (Phi) is 5.98. The molecule has 0 aromatic heterocycles. The zero-order chi connectivity index (χ0) is 14.6. The summed E-state index contributed by atoms with van der Waals surface area (Å²) < 4.78 is 0. The molecule has 1 aliphatic heterocycles. The van der Waals surface area contributed by atoms with E-state index in [1.54, 1.807) is 0 Å². The maximum atomic E-state index is 12.4. The minimum absolute atomic E-state index is 0.0208. The van der Waals surface area contributed by atoms with Gasteiger partial charge in [0.2, 0.25) is 11.8 Å². The van der Waals surface area contributed by atoms with Crippen molar-refractivity contribution in [2.24, 2.45) is 5.92 Å². The molecule has 4 heteroatoms. The third kappa shape index (κ3) is 3.56. The maximum Gasteiger partial charge on any atom is 0.247 e. The molecular weight excluding hydrogens is 240 g/mol. The fourth-order valence-corrected chi connectivity index (χ4v) is 2.65. The first-order chi connectivity index (χ1) is 8.96. The Labute approximate surface area is 116 Å². The normalized spacial score (nSPS) is 23.3. The Bertz CT molecular complexity index is 326. The van der Waals surface area contributed by atoms with Crippen molar-refractivity contribution in [2.75, 3.05) is 0 Å². The third-order valence-electron chi connectivity index (χ3n) is 4.45. The largest absolute Gasteiger partial charge is 0.303 e. The number of likely N-dealkylation sites (tertiary alicyclic amines) is 1. The number of carbonyl (C=O) groups is 2. The molecule has 2 amide bonds. The molecule has 1 rings (SSSR count). The molecule has 1 heterocycles. The van der Waals surface area contributed by atoms with Crippen molar-refractivity contribution in [1.29, 1.82) is 0 Å². The summed E-state index contributed by atoms with van der Waals surface area (Å²) in [6.07, 6.45) is 3.05. The first kappa shape index (κ1) is 16.2. The summed E-state index contributed by atoms with van der Waals surface area (Å²) in [4.78, 5) is 25.9. The number of hydrogen-bond donors (Lipinski definition) is 1. The topological polar surface area (TPSA) is 49.4 Å². The van der Waals surface area contributed by atoms with Crippen LogP contribution in [0.4, 0.5) is 0 Å². The molecule has 110 valence electrons. The van der Waals surface area contributed by atoms with Crippen molar-refractivity contribution in [3.63, 3.8) is 0 Å². The monoisotopic (exact) mass is 268 g/mol. The van der Waals surface area contributed by atoms with Crippen LogP contribution >= 0.6 is 0 Å². The van der Waals surface area contributed by atoms with Crippen molar-refractivity contribution in [3.05, 3.63) is 0 Å². The number of nitrogens with zero attached hydrogens (tertiary/aromatic N) is 1. The van der Waals surface area contributed by atoms with E-state index in [0.29, 0.717) is 12.3 Å². The Morgan fingerprint density at radius 1 is 1.16 bits per heavy atom. The van der Waals surface area contributed by atoms with Crippen molar-refractivity contribution in [2.45, 2.75) is 78.4 Å². The highest BCUT2D eigenvalue weighted by atomic mass is 16.2. The van der Waals surface area contributed by atoms with Crippen LogP contribution in [0.15, 0.2) is 0 Å². The van der Waals surface area contributed by atoms with Gasteiger partial charge >= 0.3 is 0 Å². The second-order valence-corrected chi connectivity index (χ2v) is 5.67. The lowest BCUT2D eigenvalue weighted by Gasteiger charge is -2.26. The number of carbonyl (C=O) groups excluding carboxylic acids is 2. The summed E-state index contributed by atoms with van der Waals surface area (Å²) in [5, 5.41) is 3.33. The van der Waals surface area contributed by atoms with E-state index in [4.69, 9.17) is 0 Å². The van der Waals surface area contributed by atoms with Gasteiger partial charge in [-0.1, -0.05) is 34.1 Å². The number of imide groups is 1. The first-order valence-electron chi connectivity index (χ1n) is 7.58. The minimum Gasteiger partial charge on any atom is -0.303 e. The highest BCUT2D eigenvalue weighted by molar-refractivity contribution is 6.05. The molecule has 3 atom stereocenters. The third-order valence-corrected chi connectivity index (χ3v) is 4.45. The van der Waals surface area contributed by atoms with E-state index in [2.05, 4.69) is 26.1 Å². The average Bonchev–Trinajstić information content (AvgIpc) is 2.67. The molecule has 1 fully saturated rings. The lowest BCUT2D eigenvalue weighted by molar-refractivity contribution is -0.141. The molecule has 1 N–H and O–H groups in total. The van der Waals surface area contributed by atoms with Crippen LogP contribution in [-0.2, 0) is 9.59 Å². The number of hydrogen-bond acceptors (Lipinski definition) is 3. The second-order valence-electron chi connectivity index (χ2n) is 5.67. The Balaban J connectivity index is 2.70. The molecule has 1 aliphatic rings. The minimum atomic E-state index is -0.322. The van der Waals surface area contributed by atoms with Gasteiger partial charge in [0.1, 0.15) is 0 Å². The molecule has 3 unspecified atom stereocenters. The molecular formula is C15H28N2O2. The van der Waals surface area contributed by atoms with E-state index in [9.17, 15) is 9.59 Å². The summed E-state index contributed by atoms with van der Waals surface area (Å²) >= 11 is 0. The second kappa shape index (κ2) is 7.04. The molecule has 19 heavy (non-hydrogen) atoms. The highest BCUT2D eigenvalue weighted by Gasteiger charge is 2.41. The van der Waals surface area contributed by atoms with E-state index in [-0.39, 0.29) is 29.9 Å². The Morgan fingerprint density at radius 3 is 2.21 bits per heavy atom. The summed E-state index contributed by atoms with van der Waals surface area (Å²) in [5.41, 5.74) is 0. The van der Waals surface area contributed by atoms with Gasteiger partial charge in [0.05, 0.1) is 12.5 Å². The molecule has 0 aliphatic carbocycles. The zero-order valence-corrected chi connectivity index (χ0v) is 12.9. The average molecular weight is 268 g/mol. The van der Waals surface area contributed by atoms with Crippen LogP contribution < -0.4 is 5.32 Å². The SMILES string of the molecule is CCC(C)C(C)NC1CC(=O)N(C(CC)CC)C1=O. The van der Waals surface area contributed by atoms with Crippen molar-refractivity contribution in [3.8, 4) is 0 Å². The zero-order valence-electron chi connectivity index (χ0n) is 12.9. The predicted octanol–water partition coefficient (Wildman–Crippen LogP) is 2.33. The van der Waals surface area contributed by atoms with E-state index >= 15 is 0 Å². The fourth-order valence-electron chi connectivity index (χ4n) is 2.65. The van der Waals surface area contributed by atoms with E-state index < -0.39 is 0 Å². The summed E-state index contributed by atoms with van der Waals surface area (Å²) in [5.74, 6) is 0.450. The van der Waals surface area contributed by atoms with Crippen LogP contribution in [0.1, 0.15) is 60.3 Å². The van der Waals surface area contributed by atoms with Gasteiger partial charge in [-0.25, -0.2) is 0 Å². The van der Waals surface area contributed by atoms with Gasteiger partial charge in [-0.3, -0.25) is 14.5 Å². The molecule has 1 saturated heterocycles. The van der Waals surface area contributed by atoms with Crippen LogP contribution in [0, 0.1) is 5.92 Å². The van der Waals surface area contributed by atoms with Crippen molar-refractivity contribution in [1.82, 2.24) is 10.2 Å². The molecule has 0 aromatic rings. The van der Waals surface area contributed by atoms with Crippen molar-refractivity contribution < 1.29 is 9.59 Å². The lowest BCUT2D eigenvalue weighted by atomic mass is 10.00. The molecule has 0 bridgehead atoms. The molecule has 0 aromatic carbocycles. The van der Waals surface area contributed by atoms with E-state index in [0.717, 1.165) is 19.3 Å². The van der Waals surface area contributed by atoms with E-state index in [1.807, 2.05) is 13.8 Å². The van der Waals surface area contributed by atoms with Gasteiger partial charge in [0.15, 0.2) is 0 Å². The number of rotatable bonds is 7. The van der Waals surface area contributed by atoms with Crippen LogP contribution in [0.3, 0.4) is 0 Å². The standard InChI is InChI=1S/C15H28N2O2/c1-6-10(4)11(5)16-13-9-14(18)17(15(13)19)12(7-2)8-3/h10-13,16H,6-9H2,1-5H3. The van der Waals surface area contributed by atoms with Crippen LogP contribution in [0.5, 0.6) is 0 Å². The van der Waals surface area contributed by atoms with Gasteiger partial charge < -0.3 is 5.32 Å². The summed E-state index contributed by atoms with van der Waals surface area (Å²) in [6.45, 7) is 10.4. The molecule has 0 saturated carbocycles. The van der Waals surface area contributed by atoms with Gasteiger partial charge in [0, 0.05) is 12.1 Å². The summed E-state index contributed by atoms with van der Waals surface area (Å²) in [6, 6.07) is -0.00351. The fraction of sp³-hybridized carbons (Fsp3) is 0.867. The Hall–Kier alpha value is -0.900. The molecule has 4 nitrogen and oxygen atoms in total. The van der Waals surface area contributed by atoms with Gasteiger partial charge in [0.25, 0.3) is 0 Å². The highest BCUT2D eigenvalue weighted by Crippen LogP contribution is 2.21. The first-order valence-corrected chi connectivity index (χ1v) is 7.58. The van der Waals surface area contributed by atoms with E-state index in [1.165, 1.54) is 4.90 Å². The molecule has 0 radical (unpaired) electrons. The van der Waals surface area contributed by atoms with Gasteiger partial charge in [-0.15, -0.1) is 0 Å². The van der Waals surface area contributed by atoms with Crippen LogP contribution in [0.2, 0.25) is 0 Å². The Morgan fingerprint density at radius 2 is 1.74 bits per heavy atom. The molecule has 0 spiro atoms. The number of nitrogens with one attached hydrogen (secondary N) is 1. The summed E-state index contributed by atoms with van der Waals surface area (Å²) in [7, 11) is 0. The maximum absolute atomic E-state index is 12.4. The van der Waals surface area contributed by atoms with Crippen LogP contribution in [0.25, 0.3) is 0 Å². The van der Waals surface area contributed by atoms with Gasteiger partial charge in [-0.05, 0) is 25.7 Å². The lowest BCUT2D eigenvalue weighted by Crippen LogP contribution is -2.47. The smallest absolute Gasteiger partial charge is 0.247 e. The van der Waals surface area contributed by atoms with Crippen LogP contribution in [-0.4, -0.2) is 34.8 Å².